The first-order chi connectivity index (χ1) is 18.6. The van der Waals surface area contributed by atoms with Crippen molar-refractivity contribution in [3.05, 3.63) is 107 Å². The van der Waals surface area contributed by atoms with E-state index in [4.69, 9.17) is 19.6 Å². The number of aliphatic imine (C=N–C) groups is 1. The van der Waals surface area contributed by atoms with Crippen molar-refractivity contribution in [1.82, 2.24) is 4.90 Å². The van der Waals surface area contributed by atoms with E-state index in [2.05, 4.69) is 19.1 Å². The fourth-order valence-electron chi connectivity index (χ4n) is 5.15. The summed E-state index contributed by atoms with van der Waals surface area (Å²) in [5.74, 6) is 1.18. The first kappa shape index (κ1) is 25.7. The number of hydrogen-bond donors (Lipinski definition) is 1. The van der Waals surface area contributed by atoms with Crippen LogP contribution in [0.2, 0.25) is 0 Å². The molecule has 1 amide bonds. The van der Waals surface area contributed by atoms with Gasteiger partial charge in [-0.3, -0.25) is 4.79 Å². The van der Waals surface area contributed by atoms with Crippen molar-refractivity contribution in [3.63, 3.8) is 0 Å². The van der Waals surface area contributed by atoms with E-state index >= 15 is 0 Å². The normalized spacial score (nSPS) is 20.5. The molecule has 6 nitrogen and oxygen atoms in total. The molecule has 0 radical (unpaired) electrons. The molecule has 38 heavy (non-hydrogen) atoms. The maximum Gasteiger partial charge on any atom is 0.255 e. The Labute approximate surface area is 224 Å². The molecule has 0 saturated carbocycles. The van der Waals surface area contributed by atoms with Crippen molar-refractivity contribution in [1.29, 1.82) is 0 Å². The Kier molecular flexibility index (Phi) is 7.89. The van der Waals surface area contributed by atoms with Crippen LogP contribution in [0.3, 0.4) is 0 Å². The Bertz CT molecular complexity index is 1300. The summed E-state index contributed by atoms with van der Waals surface area (Å²) in [4.78, 5) is 21.3. The van der Waals surface area contributed by atoms with Gasteiger partial charge in [0, 0.05) is 43.7 Å². The van der Waals surface area contributed by atoms with E-state index in [0.717, 1.165) is 28.7 Å². The average molecular weight is 511 g/mol. The number of hydrogen-bond acceptors (Lipinski definition) is 5. The minimum absolute atomic E-state index is 0.00258. The summed E-state index contributed by atoms with van der Waals surface area (Å²) in [6, 6.07) is 25.8. The summed E-state index contributed by atoms with van der Waals surface area (Å²) in [5.41, 5.74) is 2.88. The first-order valence-corrected chi connectivity index (χ1v) is 13.3. The summed E-state index contributed by atoms with van der Waals surface area (Å²) < 4.78 is 12.3. The van der Waals surface area contributed by atoms with Crippen LogP contribution in [0, 0.1) is 0 Å². The number of carbonyl (C=O) groups excluding carboxylic acids is 1. The van der Waals surface area contributed by atoms with Crippen molar-refractivity contribution >= 4 is 17.9 Å². The number of nitrogens with zero attached hydrogens (tertiary/aromatic N) is 2. The van der Waals surface area contributed by atoms with Gasteiger partial charge in [-0.1, -0.05) is 73.7 Å². The Balaban J connectivity index is 1.54. The van der Waals surface area contributed by atoms with Crippen LogP contribution in [0.1, 0.15) is 54.5 Å². The van der Waals surface area contributed by atoms with Gasteiger partial charge in [0.15, 0.2) is 11.6 Å². The zero-order chi connectivity index (χ0) is 26.4. The number of amides is 1. The van der Waals surface area contributed by atoms with Gasteiger partial charge in [0.2, 0.25) is 5.90 Å². The molecule has 0 aliphatic carbocycles. The van der Waals surface area contributed by atoms with Crippen LogP contribution in [0.5, 0.6) is 5.75 Å². The number of benzene rings is 3. The molecule has 0 bridgehead atoms. The molecule has 2 heterocycles. The topological polar surface area (TPSA) is 71.4 Å². The van der Waals surface area contributed by atoms with Crippen LogP contribution < -0.4 is 4.74 Å². The summed E-state index contributed by atoms with van der Waals surface area (Å²) in [5, 5.41) is 9.00. The van der Waals surface area contributed by atoms with Crippen molar-refractivity contribution in [2.24, 2.45) is 4.99 Å². The molecule has 0 unspecified atom stereocenters. The molecule has 0 fully saturated rings. The molecule has 6 heteroatoms. The van der Waals surface area contributed by atoms with E-state index < -0.39 is 11.6 Å². The van der Waals surface area contributed by atoms with Gasteiger partial charge in [-0.25, -0.2) is 4.99 Å². The lowest BCUT2D eigenvalue weighted by Crippen LogP contribution is -2.48. The lowest BCUT2D eigenvalue weighted by atomic mass is 9.84. The largest absolute Gasteiger partial charge is 0.494 e. The minimum Gasteiger partial charge on any atom is -0.494 e. The smallest absolute Gasteiger partial charge is 0.255 e. The highest BCUT2D eigenvalue weighted by Crippen LogP contribution is 2.47. The number of rotatable bonds is 10. The summed E-state index contributed by atoms with van der Waals surface area (Å²) in [7, 11) is 0. The Morgan fingerprint density at radius 3 is 2.61 bits per heavy atom. The molecule has 3 aromatic carbocycles. The predicted octanol–water partition coefficient (Wildman–Crippen LogP) is 5.56. The third-order valence-corrected chi connectivity index (χ3v) is 7.03. The summed E-state index contributed by atoms with van der Waals surface area (Å²) >= 11 is 0. The molecular weight excluding hydrogens is 476 g/mol. The number of carbonyl (C=O) groups is 1. The van der Waals surface area contributed by atoms with Crippen molar-refractivity contribution in [3.8, 4) is 5.75 Å². The van der Waals surface area contributed by atoms with Gasteiger partial charge < -0.3 is 19.5 Å². The van der Waals surface area contributed by atoms with E-state index in [9.17, 15) is 4.79 Å². The number of aliphatic hydroxyl groups is 1. The van der Waals surface area contributed by atoms with Crippen molar-refractivity contribution in [2.45, 2.75) is 44.4 Å². The predicted molar refractivity (Wildman–Crippen MR) is 149 cm³/mol. The molecule has 5 rings (SSSR count). The molecule has 3 aromatic rings. The molecule has 0 aromatic heterocycles. The molecule has 0 spiro atoms. The van der Waals surface area contributed by atoms with Crippen LogP contribution in [-0.2, 0) is 16.1 Å². The number of aliphatic hydroxyl groups excluding tert-OH is 1. The molecule has 2 aliphatic heterocycles. The second-order valence-electron chi connectivity index (χ2n) is 9.73. The lowest BCUT2D eigenvalue weighted by Gasteiger charge is -2.31. The highest BCUT2D eigenvalue weighted by atomic mass is 16.5. The van der Waals surface area contributed by atoms with Crippen LogP contribution in [0.15, 0.2) is 89.9 Å². The molecule has 0 saturated heterocycles. The molecule has 2 atom stereocenters. The van der Waals surface area contributed by atoms with Crippen molar-refractivity contribution in [2.75, 3.05) is 19.8 Å². The van der Waals surface area contributed by atoms with Crippen LogP contribution >= 0.6 is 0 Å². The first-order valence-electron chi connectivity index (χ1n) is 13.3. The lowest BCUT2D eigenvalue weighted by molar-refractivity contribution is -0.139. The van der Waals surface area contributed by atoms with Gasteiger partial charge in [0.25, 0.3) is 5.91 Å². The van der Waals surface area contributed by atoms with Gasteiger partial charge in [0.05, 0.1) is 6.61 Å². The summed E-state index contributed by atoms with van der Waals surface area (Å²) in [6.45, 7) is 3.85. The Morgan fingerprint density at radius 2 is 1.84 bits per heavy atom. The van der Waals surface area contributed by atoms with Crippen LogP contribution in [0.25, 0.3) is 6.08 Å². The number of fused-ring (bicyclic) bond motifs is 3. The highest BCUT2D eigenvalue weighted by Gasteiger charge is 2.55. The van der Waals surface area contributed by atoms with E-state index in [1.54, 1.807) is 0 Å². The standard InChI is InChI=1S/C32H34N2O4/c1-2-20-34-23-26-13-6-7-14-28(26)29-32(31(34)36,19-8-12-24-10-4-3-5-11-24)33-30(38-29)25-15-17-27(18-16-25)37-22-9-21-35/h3-8,10-18,29,35H,2,9,19-23H2,1H3/b12-8+/t29-,32-/m1/s1. The maximum atomic E-state index is 14.3. The van der Waals surface area contributed by atoms with Gasteiger partial charge in [0.1, 0.15) is 5.75 Å². The second kappa shape index (κ2) is 11.7. The maximum absolute atomic E-state index is 14.3. The zero-order valence-electron chi connectivity index (χ0n) is 21.8. The van der Waals surface area contributed by atoms with Crippen LogP contribution in [-0.4, -0.2) is 47.1 Å². The average Bonchev–Trinajstić information content (AvgIpc) is 3.30. The van der Waals surface area contributed by atoms with E-state index in [1.807, 2.05) is 83.8 Å². The third-order valence-electron chi connectivity index (χ3n) is 7.03. The Hall–Kier alpha value is -3.90. The van der Waals surface area contributed by atoms with Crippen molar-refractivity contribution < 1.29 is 19.4 Å². The van der Waals surface area contributed by atoms with Gasteiger partial charge in [-0.2, -0.15) is 0 Å². The zero-order valence-corrected chi connectivity index (χ0v) is 21.8. The van der Waals surface area contributed by atoms with Gasteiger partial charge in [-0.05, 0) is 41.8 Å². The summed E-state index contributed by atoms with van der Waals surface area (Å²) in [6.07, 6.45) is 5.44. The Morgan fingerprint density at radius 1 is 1.08 bits per heavy atom. The molecule has 2 aliphatic rings. The van der Waals surface area contributed by atoms with E-state index in [1.165, 1.54) is 0 Å². The number of ether oxygens (including phenoxy) is 2. The third kappa shape index (κ3) is 5.22. The quantitative estimate of drug-likeness (QED) is 0.363. The minimum atomic E-state index is -1.10. The van der Waals surface area contributed by atoms with Gasteiger partial charge in [-0.15, -0.1) is 0 Å². The SMILES string of the molecule is CCCN1Cc2ccccc2[C@H]2OC(c3ccc(OCCCO)cc3)=N[C@@]2(C/C=C/c2ccccc2)C1=O. The fraction of sp³-hybridized carbons (Fsp3) is 0.312. The fourth-order valence-corrected chi connectivity index (χ4v) is 5.15. The van der Waals surface area contributed by atoms with E-state index in [-0.39, 0.29) is 12.5 Å². The monoisotopic (exact) mass is 510 g/mol. The molecule has 1 N–H and O–H groups in total. The molecular formula is C32H34N2O4. The second-order valence-corrected chi connectivity index (χ2v) is 9.73. The van der Waals surface area contributed by atoms with Crippen LogP contribution in [0.4, 0.5) is 0 Å². The molecule has 196 valence electrons. The van der Waals surface area contributed by atoms with Gasteiger partial charge >= 0.3 is 0 Å². The highest BCUT2D eigenvalue weighted by molar-refractivity contribution is 6.01. The van der Waals surface area contributed by atoms with E-state index in [0.29, 0.717) is 44.2 Å².